The highest BCUT2D eigenvalue weighted by Gasteiger charge is 2.27. The Kier molecular flexibility index (Phi) is 11.2. The summed E-state index contributed by atoms with van der Waals surface area (Å²) >= 11 is 14.2. The summed E-state index contributed by atoms with van der Waals surface area (Å²) in [6.45, 7) is 4.33. The third-order valence-corrected chi connectivity index (χ3v) is 11.1. The fourth-order valence-corrected chi connectivity index (χ4v) is 8.19. The van der Waals surface area contributed by atoms with Gasteiger partial charge in [-0.25, -0.2) is 9.78 Å². The van der Waals surface area contributed by atoms with Crippen LogP contribution in [-0.4, -0.2) is 91.2 Å². The maximum absolute atomic E-state index is 12.1. The molecule has 0 unspecified atom stereocenters. The van der Waals surface area contributed by atoms with Crippen molar-refractivity contribution in [3.63, 3.8) is 0 Å². The number of carboxylic acid groups (broad SMARTS) is 1. The molecule has 7 rings (SSSR count). The predicted molar refractivity (Wildman–Crippen MR) is 211 cm³/mol. The van der Waals surface area contributed by atoms with Crippen LogP contribution in [0.25, 0.3) is 44.7 Å². The molecule has 0 saturated carbocycles. The molecule has 15 heteroatoms. The molecule has 13 nitrogen and oxygen atoms in total. The predicted octanol–water partition coefficient (Wildman–Crippen LogP) is 6.54. The van der Waals surface area contributed by atoms with Gasteiger partial charge in [0.2, 0.25) is 17.7 Å². The topological polar surface area (TPSA) is 155 Å². The molecule has 0 spiro atoms. The molecular weight excluding hydrogens is 743 g/mol. The summed E-state index contributed by atoms with van der Waals surface area (Å²) in [6, 6.07) is 13.0. The average Bonchev–Trinajstić information content (AvgIpc) is 3.72. The number of carbonyl (C=O) groups excluding carboxylic acids is 2. The average molecular weight is 786 g/mol. The maximum atomic E-state index is 12.1. The molecule has 2 fully saturated rings. The molecule has 0 aliphatic carbocycles. The summed E-state index contributed by atoms with van der Waals surface area (Å²) in [7, 11) is 3.49. The zero-order chi connectivity index (χ0) is 38.8. The highest BCUT2D eigenvalue weighted by Crippen LogP contribution is 2.42. The number of halogens is 2. The number of ether oxygens (including phenoxy) is 1. The van der Waals surface area contributed by atoms with Gasteiger partial charge < -0.3 is 29.9 Å². The van der Waals surface area contributed by atoms with E-state index < -0.39 is 6.09 Å². The molecular formula is C40H42Cl2N8O5. The van der Waals surface area contributed by atoms with Gasteiger partial charge in [-0.15, -0.1) is 0 Å². The summed E-state index contributed by atoms with van der Waals surface area (Å²) < 4.78 is 7.69. The molecule has 2 aliphatic rings. The van der Waals surface area contributed by atoms with Crippen molar-refractivity contribution in [1.29, 1.82) is 0 Å². The quantitative estimate of drug-likeness (QED) is 0.136. The van der Waals surface area contributed by atoms with E-state index in [0.717, 1.165) is 54.6 Å². The second-order valence-electron chi connectivity index (χ2n) is 14.1. The number of nitrogens with one attached hydrogen (secondary N) is 2. The number of carbonyl (C=O) groups is 3. The molecule has 2 saturated heterocycles. The molecule has 0 bridgehead atoms. The van der Waals surface area contributed by atoms with E-state index in [2.05, 4.69) is 37.3 Å². The van der Waals surface area contributed by atoms with Gasteiger partial charge in [-0.05, 0) is 43.5 Å². The number of aromatic nitrogens is 4. The number of piperidine rings is 1. The van der Waals surface area contributed by atoms with Crippen molar-refractivity contribution < 1.29 is 24.2 Å². The van der Waals surface area contributed by atoms with Crippen LogP contribution in [0.5, 0.6) is 5.88 Å². The van der Waals surface area contributed by atoms with E-state index in [0.29, 0.717) is 56.5 Å². The van der Waals surface area contributed by atoms with Crippen molar-refractivity contribution in [3.05, 3.63) is 82.2 Å². The molecule has 5 aromatic rings. The van der Waals surface area contributed by atoms with Gasteiger partial charge in [0.1, 0.15) is 0 Å². The van der Waals surface area contributed by atoms with Gasteiger partial charge in [0.05, 0.1) is 46.1 Å². The number of methoxy groups -OCH3 is 1. The zero-order valence-electron chi connectivity index (χ0n) is 30.8. The first-order chi connectivity index (χ1) is 26.5. The second-order valence-corrected chi connectivity index (χ2v) is 14.9. The Bertz CT molecular complexity index is 2270. The largest absolute Gasteiger partial charge is 0.481 e. The van der Waals surface area contributed by atoms with Crippen LogP contribution in [0.2, 0.25) is 10.0 Å². The Morgan fingerprint density at radius 1 is 1.04 bits per heavy atom. The molecule has 0 radical (unpaired) electrons. The minimum atomic E-state index is -1.10. The van der Waals surface area contributed by atoms with E-state index >= 15 is 0 Å². The summed E-state index contributed by atoms with van der Waals surface area (Å²) in [5.74, 6) is 0.206. The summed E-state index contributed by atoms with van der Waals surface area (Å²) in [6.07, 6.45) is 7.33. The number of nitrogens with zero attached hydrogens (tertiary/aromatic N) is 6. The van der Waals surface area contributed by atoms with E-state index in [9.17, 15) is 19.5 Å². The van der Waals surface area contributed by atoms with Crippen LogP contribution in [-0.2, 0) is 29.7 Å². The van der Waals surface area contributed by atoms with Gasteiger partial charge in [-0.1, -0.05) is 41.4 Å². The van der Waals surface area contributed by atoms with Gasteiger partial charge in [-0.3, -0.25) is 24.5 Å². The molecule has 4 aromatic heterocycles. The number of benzene rings is 1. The lowest BCUT2D eigenvalue weighted by Crippen LogP contribution is -2.43. The first-order valence-electron chi connectivity index (χ1n) is 18.2. The minimum Gasteiger partial charge on any atom is -0.481 e. The van der Waals surface area contributed by atoms with Crippen LogP contribution < -0.4 is 15.4 Å². The number of aryl methyl sites for hydroxylation is 1. The molecule has 1 aromatic carbocycles. The van der Waals surface area contributed by atoms with Gasteiger partial charge >= 0.3 is 6.09 Å². The normalized spacial score (nSPS) is 16.3. The molecule has 1 atom stereocenters. The van der Waals surface area contributed by atoms with Crippen LogP contribution in [0, 0.1) is 0 Å². The van der Waals surface area contributed by atoms with E-state index in [1.165, 1.54) is 12.0 Å². The molecule has 55 heavy (non-hydrogen) atoms. The smallest absolute Gasteiger partial charge is 0.407 e. The van der Waals surface area contributed by atoms with E-state index in [1.807, 2.05) is 31.3 Å². The number of fused-ring (bicyclic) bond motifs is 1. The first kappa shape index (κ1) is 38.1. The van der Waals surface area contributed by atoms with Crippen molar-refractivity contribution in [3.8, 4) is 39.5 Å². The highest BCUT2D eigenvalue weighted by atomic mass is 35.5. The zero-order valence-corrected chi connectivity index (χ0v) is 32.3. The van der Waals surface area contributed by atoms with Crippen LogP contribution >= 0.6 is 23.2 Å². The number of pyridine rings is 3. The Balaban J connectivity index is 1.12. The number of rotatable bonds is 11. The molecule has 286 valence electrons. The van der Waals surface area contributed by atoms with Gasteiger partial charge in [0.15, 0.2) is 0 Å². The van der Waals surface area contributed by atoms with Crippen molar-refractivity contribution >= 4 is 52.1 Å². The monoisotopic (exact) mass is 784 g/mol. The maximum Gasteiger partial charge on any atom is 0.407 e. The fraction of sp³-hybridized carbons (Fsp3) is 0.350. The van der Waals surface area contributed by atoms with E-state index in [-0.39, 0.29) is 42.9 Å². The van der Waals surface area contributed by atoms with E-state index in [1.54, 1.807) is 31.5 Å². The van der Waals surface area contributed by atoms with Gasteiger partial charge in [0, 0.05) is 111 Å². The minimum absolute atomic E-state index is 0.0167. The SMILES string of the molecule is COc1nc(-c2cccc(-c3ccnc(-c4cnc5c(CN6CCC(NC(C)=O)CC6)cn(C)c5c4)c3Cl)c2Cl)ccc1CN(C[C@@H]1CCC(=O)N1)C(=O)O. The number of hydrogen-bond donors (Lipinski definition) is 3. The summed E-state index contributed by atoms with van der Waals surface area (Å²) in [4.78, 5) is 53.2. The fourth-order valence-electron chi connectivity index (χ4n) is 7.55. The Hall–Kier alpha value is -5.24. The lowest BCUT2D eigenvalue weighted by molar-refractivity contribution is -0.120. The van der Waals surface area contributed by atoms with Gasteiger partial charge in [0.25, 0.3) is 0 Å². The summed E-state index contributed by atoms with van der Waals surface area (Å²) in [5.41, 5.74) is 7.48. The summed E-state index contributed by atoms with van der Waals surface area (Å²) in [5, 5.41) is 16.6. The number of hydrogen-bond acceptors (Lipinski definition) is 8. The van der Waals surface area contributed by atoms with Crippen molar-refractivity contribution in [1.82, 2.24) is 40.0 Å². The van der Waals surface area contributed by atoms with E-state index in [4.69, 9.17) is 37.9 Å². The van der Waals surface area contributed by atoms with Crippen molar-refractivity contribution in [2.75, 3.05) is 26.7 Å². The highest BCUT2D eigenvalue weighted by molar-refractivity contribution is 6.39. The number of amides is 3. The second kappa shape index (κ2) is 16.2. The lowest BCUT2D eigenvalue weighted by Gasteiger charge is -2.31. The molecule has 2 aliphatic heterocycles. The van der Waals surface area contributed by atoms with Gasteiger partial charge in [-0.2, -0.15) is 0 Å². The van der Waals surface area contributed by atoms with Crippen LogP contribution in [0.4, 0.5) is 4.79 Å². The van der Waals surface area contributed by atoms with Crippen molar-refractivity contribution in [2.45, 2.75) is 57.8 Å². The van der Waals surface area contributed by atoms with Crippen LogP contribution in [0.3, 0.4) is 0 Å². The van der Waals surface area contributed by atoms with Crippen LogP contribution in [0.1, 0.15) is 43.7 Å². The van der Waals surface area contributed by atoms with Crippen molar-refractivity contribution in [2.24, 2.45) is 7.05 Å². The Labute approximate surface area is 328 Å². The molecule has 6 heterocycles. The van der Waals surface area contributed by atoms with Crippen LogP contribution in [0.15, 0.2) is 61.1 Å². The Morgan fingerprint density at radius 3 is 2.51 bits per heavy atom. The standard InChI is InChI=1S/C40H42Cl2N8O5/c1-23(51)45-27-12-15-49(16-13-27)20-26-19-48(2)33-17-25(18-44-37(26)33)38-36(42)30(11-14-43-38)29-5-4-6-31(35(29)41)32-9-7-24(39(47-32)55-3)21-50(40(53)54)22-28-8-10-34(52)46-28/h4-7,9,11,14,17-19,27-28H,8,10,12-13,15-16,20-22H2,1-3H3,(H,45,51)(H,46,52)(H,53,54)/t28-/m0/s1. The third kappa shape index (κ3) is 8.24. The molecule has 3 amide bonds. The number of likely N-dealkylation sites (tertiary alicyclic amines) is 1. The lowest BCUT2D eigenvalue weighted by atomic mass is 9.99. The molecule has 3 N–H and O–H groups in total. The third-order valence-electron chi connectivity index (χ3n) is 10.3. The Morgan fingerprint density at radius 2 is 1.80 bits per heavy atom. The first-order valence-corrected chi connectivity index (χ1v) is 18.9.